The van der Waals surface area contributed by atoms with Crippen LogP contribution in [-0.4, -0.2) is 35.3 Å². The zero-order valence-corrected chi connectivity index (χ0v) is 9.17. The third kappa shape index (κ3) is 4.80. The highest BCUT2D eigenvalue weighted by molar-refractivity contribution is 6.29. The van der Waals surface area contributed by atoms with Gasteiger partial charge in [0, 0.05) is 12.1 Å². The molecule has 0 atom stereocenters. The van der Waals surface area contributed by atoms with Crippen LogP contribution in [0.15, 0.2) is 5.10 Å². The summed E-state index contributed by atoms with van der Waals surface area (Å²) in [5.41, 5.74) is 0. The summed E-state index contributed by atoms with van der Waals surface area (Å²) in [6.45, 7) is 7.15. The number of nitrogens with zero attached hydrogens (tertiary/aromatic N) is 2. The number of hydrazone groups is 1. The fourth-order valence-corrected chi connectivity index (χ4v) is 1.06. The van der Waals surface area contributed by atoms with Crippen LogP contribution in [0.5, 0.6) is 0 Å². The predicted octanol–water partition coefficient (Wildman–Crippen LogP) is 2.22. The van der Waals surface area contributed by atoms with Crippen LogP contribution in [0.2, 0.25) is 0 Å². The van der Waals surface area contributed by atoms with Crippen LogP contribution in [0.1, 0.15) is 27.7 Å². The lowest BCUT2D eigenvalue weighted by Gasteiger charge is -2.27. The first-order valence-corrected chi connectivity index (χ1v) is 4.59. The van der Waals surface area contributed by atoms with E-state index in [2.05, 4.69) is 5.10 Å². The molecule has 0 fully saturated rings. The molecule has 0 rings (SSSR count). The minimum absolute atomic E-state index is 0.0534. The second-order valence-electron chi connectivity index (χ2n) is 3.67. The number of hydrogen-bond acceptors (Lipinski definition) is 3. The van der Waals surface area contributed by atoms with Crippen molar-refractivity contribution in [3.05, 3.63) is 0 Å². The van der Waals surface area contributed by atoms with Crippen molar-refractivity contribution in [2.45, 2.75) is 46.0 Å². The Bertz CT molecular complexity index is 238. The zero-order chi connectivity index (χ0) is 12.2. The second kappa shape index (κ2) is 5.14. The minimum Gasteiger partial charge on any atom is -0.292 e. The van der Waals surface area contributed by atoms with Crippen LogP contribution in [-0.2, 0) is 4.79 Å². The summed E-state index contributed by atoms with van der Waals surface area (Å²) in [5.74, 6) is -1.94. The summed E-state index contributed by atoms with van der Waals surface area (Å²) in [6.07, 6.45) is -4.52. The van der Waals surface area contributed by atoms with Gasteiger partial charge >= 0.3 is 6.18 Å². The summed E-state index contributed by atoms with van der Waals surface area (Å²) in [5, 5.41) is 4.96. The number of ketones is 1. The Morgan fingerprint density at radius 3 is 1.87 bits per heavy atom. The monoisotopic (exact) mass is 224 g/mol. The number of carbonyl (C=O) groups is 1. The van der Waals surface area contributed by atoms with E-state index in [1.54, 1.807) is 27.7 Å². The molecule has 0 unspecified atom stereocenters. The van der Waals surface area contributed by atoms with E-state index < -0.39 is 12.0 Å². The Morgan fingerprint density at radius 1 is 1.20 bits per heavy atom. The lowest BCUT2D eigenvalue weighted by atomic mass is 10.3. The summed E-state index contributed by atoms with van der Waals surface area (Å²) in [6, 6.07) is -0.107. The Morgan fingerprint density at radius 2 is 1.60 bits per heavy atom. The van der Waals surface area contributed by atoms with Crippen molar-refractivity contribution in [1.29, 1.82) is 0 Å². The molecule has 0 aliphatic rings. The standard InChI is InChI=1S/C9H15F3N2O/c1-6(2)14(7(3)4)13-5-8(15)9(10,11)12/h5-7H,1-4H3/b13-5+. The molecule has 0 bridgehead atoms. The summed E-state index contributed by atoms with van der Waals surface area (Å²) in [4.78, 5) is 10.5. The molecule has 6 heteroatoms. The van der Waals surface area contributed by atoms with Gasteiger partial charge in [0.2, 0.25) is 0 Å². The fourth-order valence-electron chi connectivity index (χ4n) is 1.06. The number of alkyl halides is 3. The van der Waals surface area contributed by atoms with E-state index in [-0.39, 0.29) is 12.1 Å². The Balaban J connectivity index is 4.55. The molecule has 0 N–H and O–H groups in total. The predicted molar refractivity (Wildman–Crippen MR) is 51.7 cm³/mol. The van der Waals surface area contributed by atoms with Crippen LogP contribution in [0.3, 0.4) is 0 Å². The highest BCUT2D eigenvalue weighted by Gasteiger charge is 2.37. The maximum absolute atomic E-state index is 11.8. The highest BCUT2D eigenvalue weighted by Crippen LogP contribution is 2.15. The van der Waals surface area contributed by atoms with Gasteiger partial charge in [-0.25, -0.2) is 0 Å². The number of halogens is 3. The SMILES string of the molecule is CC(C)N(/N=C/C(=O)C(F)(F)F)C(C)C. The molecule has 0 aromatic carbocycles. The maximum Gasteiger partial charge on any atom is 0.455 e. The lowest BCUT2D eigenvalue weighted by molar-refractivity contribution is -0.162. The maximum atomic E-state index is 11.8. The fraction of sp³-hybridized carbons (Fsp3) is 0.778. The molecule has 15 heavy (non-hydrogen) atoms. The molecular formula is C9H15F3N2O. The summed E-state index contributed by atoms with van der Waals surface area (Å²) in [7, 11) is 0. The molecule has 0 spiro atoms. The molecule has 3 nitrogen and oxygen atoms in total. The third-order valence-corrected chi connectivity index (χ3v) is 1.65. The number of Topliss-reactive ketones (excluding diaryl/α,β-unsaturated/α-hetero) is 1. The van der Waals surface area contributed by atoms with E-state index in [0.717, 1.165) is 0 Å². The van der Waals surface area contributed by atoms with E-state index >= 15 is 0 Å². The van der Waals surface area contributed by atoms with Crippen molar-refractivity contribution in [2.75, 3.05) is 0 Å². The van der Waals surface area contributed by atoms with Gasteiger partial charge in [-0.3, -0.25) is 9.80 Å². The molecule has 0 radical (unpaired) electrons. The zero-order valence-electron chi connectivity index (χ0n) is 9.17. The largest absolute Gasteiger partial charge is 0.455 e. The molecule has 0 saturated carbocycles. The third-order valence-electron chi connectivity index (χ3n) is 1.65. The molecule has 0 aromatic heterocycles. The van der Waals surface area contributed by atoms with Crippen molar-refractivity contribution in [3.63, 3.8) is 0 Å². The molecule has 0 aromatic rings. The molecule has 0 aliphatic carbocycles. The van der Waals surface area contributed by atoms with Gasteiger partial charge in [0.05, 0.1) is 6.21 Å². The number of rotatable bonds is 4. The van der Waals surface area contributed by atoms with Crippen LogP contribution in [0.4, 0.5) is 13.2 Å². The first-order valence-electron chi connectivity index (χ1n) is 4.59. The first kappa shape index (κ1) is 13.9. The number of hydrogen-bond donors (Lipinski definition) is 0. The molecule has 88 valence electrons. The van der Waals surface area contributed by atoms with Gasteiger partial charge < -0.3 is 0 Å². The Labute approximate surface area is 86.9 Å². The van der Waals surface area contributed by atoms with E-state index in [1.165, 1.54) is 5.01 Å². The topological polar surface area (TPSA) is 32.7 Å². The molecule has 0 amide bonds. The van der Waals surface area contributed by atoms with Gasteiger partial charge in [0.1, 0.15) is 0 Å². The first-order chi connectivity index (χ1) is 6.66. The van der Waals surface area contributed by atoms with Crippen molar-refractivity contribution in [1.82, 2.24) is 5.01 Å². The van der Waals surface area contributed by atoms with Crippen LogP contribution in [0.25, 0.3) is 0 Å². The summed E-state index contributed by atoms with van der Waals surface area (Å²) >= 11 is 0. The normalized spacial score (nSPS) is 12.9. The molecule has 0 aliphatic heterocycles. The molecule has 0 heterocycles. The van der Waals surface area contributed by atoms with Crippen LogP contribution >= 0.6 is 0 Å². The average molecular weight is 224 g/mol. The minimum atomic E-state index is -4.84. The van der Waals surface area contributed by atoms with Gasteiger partial charge in [0.15, 0.2) is 0 Å². The van der Waals surface area contributed by atoms with Crippen molar-refractivity contribution in [3.8, 4) is 0 Å². The van der Waals surface area contributed by atoms with Crippen molar-refractivity contribution < 1.29 is 18.0 Å². The molecule has 0 saturated heterocycles. The Kier molecular flexibility index (Phi) is 4.77. The summed E-state index contributed by atoms with van der Waals surface area (Å²) < 4.78 is 35.5. The van der Waals surface area contributed by atoms with Gasteiger partial charge in [-0.2, -0.15) is 18.3 Å². The van der Waals surface area contributed by atoms with Crippen molar-refractivity contribution in [2.24, 2.45) is 5.10 Å². The van der Waals surface area contributed by atoms with E-state index in [0.29, 0.717) is 6.21 Å². The van der Waals surface area contributed by atoms with E-state index in [1.807, 2.05) is 0 Å². The van der Waals surface area contributed by atoms with Gasteiger partial charge in [-0.1, -0.05) is 0 Å². The average Bonchev–Trinajstić information content (AvgIpc) is 2.00. The van der Waals surface area contributed by atoms with E-state index in [9.17, 15) is 18.0 Å². The molecular weight excluding hydrogens is 209 g/mol. The van der Waals surface area contributed by atoms with Gasteiger partial charge in [-0.05, 0) is 27.7 Å². The van der Waals surface area contributed by atoms with Crippen LogP contribution < -0.4 is 0 Å². The lowest BCUT2D eigenvalue weighted by Crippen LogP contribution is -2.33. The van der Waals surface area contributed by atoms with Gasteiger partial charge in [-0.15, -0.1) is 0 Å². The van der Waals surface area contributed by atoms with Crippen LogP contribution in [0, 0.1) is 0 Å². The highest BCUT2D eigenvalue weighted by atomic mass is 19.4. The smallest absolute Gasteiger partial charge is 0.292 e. The second-order valence-corrected chi connectivity index (χ2v) is 3.67. The van der Waals surface area contributed by atoms with Crippen molar-refractivity contribution >= 4 is 12.0 Å². The number of carbonyl (C=O) groups excluding carboxylic acids is 1. The van der Waals surface area contributed by atoms with E-state index in [4.69, 9.17) is 0 Å². The Hall–Kier alpha value is -1.07. The van der Waals surface area contributed by atoms with Gasteiger partial charge in [0.25, 0.3) is 5.78 Å². The quantitative estimate of drug-likeness (QED) is 0.541.